The number of fused-ring (bicyclic) bond motifs is 7. The van der Waals surface area contributed by atoms with Crippen LogP contribution in [-0.4, -0.2) is 17.5 Å². The number of halogens is 1. The van der Waals surface area contributed by atoms with Gasteiger partial charge in [0.05, 0.1) is 0 Å². The van der Waals surface area contributed by atoms with Crippen LogP contribution >= 0.6 is 0 Å². The minimum atomic E-state index is 0. The minimum Gasteiger partial charge on any atom is -1.00 e. The van der Waals surface area contributed by atoms with E-state index in [1.807, 2.05) is 0 Å². The van der Waals surface area contributed by atoms with E-state index >= 15 is 0 Å². The summed E-state index contributed by atoms with van der Waals surface area (Å²) in [6.45, 7) is 4.58. The first-order valence-electron chi connectivity index (χ1n) is 10.9. The Hall–Kier alpha value is -2.34. The number of hydrogen-bond donors (Lipinski definition) is 0. The molecule has 0 saturated carbocycles. The van der Waals surface area contributed by atoms with Gasteiger partial charge < -0.3 is 28.9 Å². The van der Waals surface area contributed by atoms with E-state index in [1.165, 1.54) is 76.6 Å². The first kappa shape index (κ1) is 19.6. The van der Waals surface area contributed by atoms with Gasteiger partial charge in [0.2, 0.25) is 0 Å². The van der Waals surface area contributed by atoms with Gasteiger partial charge in [-0.3, -0.25) is 0 Å². The number of aryl methyl sites for hydroxylation is 1. The molecule has 1 fully saturated rings. The summed E-state index contributed by atoms with van der Waals surface area (Å²) in [7, 11) is 0. The fraction of sp³-hybridized carbons (Fsp3) is 0.269. The smallest absolute Gasteiger partial charge is 0.292 e. The number of pyridine rings is 2. The van der Waals surface area contributed by atoms with Crippen LogP contribution in [0.15, 0.2) is 66.9 Å². The molecule has 3 aromatic heterocycles. The molecule has 0 unspecified atom stereocenters. The van der Waals surface area contributed by atoms with Crippen LogP contribution in [0.2, 0.25) is 0 Å². The zero-order chi connectivity index (χ0) is 19.4. The summed E-state index contributed by atoms with van der Waals surface area (Å²) >= 11 is 0. The molecule has 0 aliphatic carbocycles. The third-order valence-electron chi connectivity index (χ3n) is 6.57. The van der Waals surface area contributed by atoms with Crippen molar-refractivity contribution in [3.05, 3.63) is 72.4 Å². The van der Waals surface area contributed by atoms with Crippen LogP contribution in [0.25, 0.3) is 33.0 Å². The lowest BCUT2D eigenvalue weighted by molar-refractivity contribution is -0.479. The Morgan fingerprint density at radius 3 is 2.50 bits per heavy atom. The number of anilines is 1. The predicted octanol–water partition coefficient (Wildman–Crippen LogP) is 2.54. The second-order valence-corrected chi connectivity index (χ2v) is 8.32. The number of benzene rings is 2. The molecule has 3 nitrogen and oxygen atoms in total. The molecule has 0 radical (unpaired) electrons. The standard InChI is InChI=1S/C26H26N3.HI/c1-2-19-6-11-25-20(16-19)7-9-23-18-28-24-12-10-22(27-14-4-3-5-15-27)17-21(24)8-13-26(28)29(23)25;/h6-13,16-18H,2-5,14-15H2,1H3;1H/q+1;/p-1. The lowest BCUT2D eigenvalue weighted by Crippen LogP contribution is -3.00. The van der Waals surface area contributed by atoms with Crippen molar-refractivity contribution in [2.75, 3.05) is 18.0 Å². The fourth-order valence-electron chi connectivity index (χ4n) is 4.97. The Morgan fingerprint density at radius 2 is 1.67 bits per heavy atom. The average Bonchev–Trinajstić information content (AvgIpc) is 3.18. The third-order valence-corrected chi connectivity index (χ3v) is 6.57. The van der Waals surface area contributed by atoms with E-state index in [4.69, 9.17) is 0 Å². The van der Waals surface area contributed by atoms with E-state index in [-0.39, 0.29) is 24.0 Å². The number of hydrogen-bond acceptors (Lipinski definition) is 1. The van der Waals surface area contributed by atoms with Crippen LogP contribution < -0.4 is 33.3 Å². The predicted molar refractivity (Wildman–Crippen MR) is 121 cm³/mol. The molecule has 152 valence electrons. The SMILES string of the molecule is CCc1ccc2c(ccc3c[n+]4c5ccc(N6CCCCC6)cc5ccc4n32)c1.[I-]. The Morgan fingerprint density at radius 1 is 0.833 bits per heavy atom. The summed E-state index contributed by atoms with van der Waals surface area (Å²) in [4.78, 5) is 2.53. The molecule has 0 atom stereocenters. The monoisotopic (exact) mass is 507 g/mol. The molecule has 1 aliphatic heterocycles. The van der Waals surface area contributed by atoms with Gasteiger partial charge in [-0.05, 0) is 79.8 Å². The van der Waals surface area contributed by atoms with Crippen LogP contribution in [0, 0.1) is 0 Å². The van der Waals surface area contributed by atoms with Crippen molar-refractivity contribution in [1.29, 1.82) is 0 Å². The highest BCUT2D eigenvalue weighted by molar-refractivity contribution is 5.87. The molecule has 5 aromatic rings. The Kier molecular flexibility index (Phi) is 5.05. The molecule has 0 bridgehead atoms. The van der Waals surface area contributed by atoms with E-state index in [2.05, 4.69) is 87.5 Å². The van der Waals surface area contributed by atoms with Crippen molar-refractivity contribution in [3.63, 3.8) is 0 Å². The molecule has 4 heteroatoms. The van der Waals surface area contributed by atoms with Gasteiger partial charge in [0, 0.05) is 35.6 Å². The summed E-state index contributed by atoms with van der Waals surface area (Å²) in [5, 5.41) is 2.61. The highest BCUT2D eigenvalue weighted by atomic mass is 127. The van der Waals surface area contributed by atoms with E-state index in [1.54, 1.807) is 0 Å². The third kappa shape index (κ3) is 3.04. The van der Waals surface area contributed by atoms with Crippen LogP contribution in [0.4, 0.5) is 5.69 Å². The first-order chi connectivity index (χ1) is 14.3. The maximum absolute atomic E-state index is 2.53. The molecule has 1 saturated heterocycles. The second kappa shape index (κ2) is 7.73. The summed E-state index contributed by atoms with van der Waals surface area (Å²) < 4.78 is 4.73. The van der Waals surface area contributed by atoms with Crippen molar-refractivity contribution >= 4 is 38.7 Å². The molecule has 2 aromatic carbocycles. The number of nitrogens with zero attached hydrogens (tertiary/aromatic N) is 3. The van der Waals surface area contributed by atoms with E-state index in [0.29, 0.717) is 0 Å². The van der Waals surface area contributed by atoms with Gasteiger partial charge in [-0.25, -0.2) is 0 Å². The topological polar surface area (TPSA) is 11.8 Å². The summed E-state index contributed by atoms with van der Waals surface area (Å²) in [6.07, 6.45) is 7.32. The van der Waals surface area contributed by atoms with Crippen LogP contribution in [0.1, 0.15) is 31.7 Å². The number of rotatable bonds is 2. The van der Waals surface area contributed by atoms with Gasteiger partial charge in [-0.15, -0.1) is 0 Å². The van der Waals surface area contributed by atoms with Crippen molar-refractivity contribution in [1.82, 2.24) is 4.40 Å². The van der Waals surface area contributed by atoms with Gasteiger partial charge in [-0.1, -0.05) is 13.0 Å². The van der Waals surface area contributed by atoms with Gasteiger partial charge in [0.15, 0.2) is 5.52 Å². The highest BCUT2D eigenvalue weighted by Gasteiger charge is 2.18. The fourth-order valence-corrected chi connectivity index (χ4v) is 4.97. The van der Waals surface area contributed by atoms with Crippen molar-refractivity contribution in [2.24, 2.45) is 0 Å². The lowest BCUT2D eigenvalue weighted by Gasteiger charge is -2.28. The Labute approximate surface area is 193 Å². The van der Waals surface area contributed by atoms with Gasteiger partial charge in [0.25, 0.3) is 5.65 Å². The van der Waals surface area contributed by atoms with Crippen molar-refractivity contribution in [2.45, 2.75) is 32.6 Å². The van der Waals surface area contributed by atoms with Crippen molar-refractivity contribution < 1.29 is 28.4 Å². The normalized spacial score (nSPS) is 14.6. The Bertz CT molecular complexity index is 1380. The van der Waals surface area contributed by atoms with E-state index < -0.39 is 0 Å². The number of imidazole rings is 1. The van der Waals surface area contributed by atoms with Gasteiger partial charge in [-0.2, -0.15) is 8.80 Å². The molecule has 0 spiro atoms. The second-order valence-electron chi connectivity index (χ2n) is 8.32. The summed E-state index contributed by atoms with van der Waals surface area (Å²) in [5.74, 6) is 0. The zero-order valence-corrected chi connectivity index (χ0v) is 19.5. The zero-order valence-electron chi connectivity index (χ0n) is 17.3. The quantitative estimate of drug-likeness (QED) is 0.264. The van der Waals surface area contributed by atoms with Crippen LogP contribution in [-0.2, 0) is 6.42 Å². The first-order valence-corrected chi connectivity index (χ1v) is 10.9. The molecule has 1 aliphatic rings. The largest absolute Gasteiger partial charge is 1.00 e. The number of aromatic nitrogens is 2. The molecule has 0 amide bonds. The average molecular weight is 507 g/mol. The maximum atomic E-state index is 2.53. The van der Waals surface area contributed by atoms with Crippen LogP contribution in [0.5, 0.6) is 0 Å². The maximum Gasteiger partial charge on any atom is 0.292 e. The van der Waals surface area contributed by atoms with Crippen LogP contribution in [0.3, 0.4) is 0 Å². The Balaban J connectivity index is 0.00000193. The molecule has 0 N–H and O–H groups in total. The molecule has 30 heavy (non-hydrogen) atoms. The molecule has 4 heterocycles. The highest BCUT2D eigenvalue weighted by Crippen LogP contribution is 2.26. The summed E-state index contributed by atoms with van der Waals surface area (Å²) in [6, 6.07) is 22.8. The minimum absolute atomic E-state index is 0. The summed E-state index contributed by atoms with van der Waals surface area (Å²) in [5.41, 5.74) is 7.73. The lowest BCUT2D eigenvalue weighted by atomic mass is 10.1. The van der Waals surface area contributed by atoms with Crippen molar-refractivity contribution in [3.8, 4) is 0 Å². The molecular weight excluding hydrogens is 481 g/mol. The van der Waals surface area contributed by atoms with E-state index in [9.17, 15) is 0 Å². The van der Waals surface area contributed by atoms with Gasteiger partial charge >= 0.3 is 0 Å². The van der Waals surface area contributed by atoms with E-state index in [0.717, 1.165) is 6.42 Å². The molecular formula is C26H26IN3. The van der Waals surface area contributed by atoms with Gasteiger partial charge in [0.1, 0.15) is 17.2 Å². The number of piperidine rings is 1. The molecule has 6 rings (SSSR count).